The molecule has 2 aromatic carbocycles. The topological polar surface area (TPSA) is 59.1 Å². The van der Waals surface area contributed by atoms with Crippen LogP contribution in [0.1, 0.15) is 19.8 Å². The molecule has 0 saturated carbocycles. The second-order valence-electron chi connectivity index (χ2n) is 6.88. The van der Waals surface area contributed by atoms with E-state index in [1.54, 1.807) is 37.4 Å². The summed E-state index contributed by atoms with van der Waals surface area (Å²) in [4.78, 5) is 2.38. The number of rotatable bonds is 8. The predicted molar refractivity (Wildman–Crippen MR) is 116 cm³/mol. The highest BCUT2D eigenvalue weighted by molar-refractivity contribution is 7.89. The van der Waals surface area contributed by atoms with Gasteiger partial charge in [0.25, 0.3) is 0 Å². The van der Waals surface area contributed by atoms with E-state index in [0.717, 1.165) is 24.3 Å². The minimum atomic E-state index is -3.54. The number of halogens is 1. The summed E-state index contributed by atoms with van der Waals surface area (Å²) in [6.45, 7) is 4.65. The first-order valence-corrected chi connectivity index (χ1v) is 11.6. The molecule has 0 unspecified atom stereocenters. The van der Waals surface area contributed by atoms with Gasteiger partial charge >= 0.3 is 0 Å². The average Bonchev–Trinajstić information content (AvgIpc) is 2.74. The molecule has 1 aliphatic rings. The lowest BCUT2D eigenvalue weighted by molar-refractivity contribution is 0.309. The second kappa shape index (κ2) is 9.69. The predicted octanol–water partition coefficient (Wildman–Crippen LogP) is 4.04. The molecule has 8 heteroatoms. The average molecular weight is 439 g/mol. The van der Waals surface area contributed by atoms with Crippen LogP contribution in [0.25, 0.3) is 0 Å². The van der Waals surface area contributed by atoms with Crippen LogP contribution in [0.4, 0.5) is 5.69 Å². The van der Waals surface area contributed by atoms with Crippen molar-refractivity contribution in [2.24, 2.45) is 0 Å². The molecule has 1 aliphatic heterocycles. The molecule has 0 spiro atoms. The summed E-state index contributed by atoms with van der Waals surface area (Å²) in [6, 6.07) is 12.1. The molecule has 0 amide bonds. The molecule has 0 N–H and O–H groups in total. The minimum Gasteiger partial charge on any atom is -0.495 e. The molecule has 0 aromatic heterocycles. The number of unbranched alkanes of at least 4 members (excludes halogenated alkanes) is 1. The van der Waals surface area contributed by atoms with Gasteiger partial charge in [-0.2, -0.15) is 4.31 Å². The van der Waals surface area contributed by atoms with Crippen molar-refractivity contribution in [3.8, 4) is 11.5 Å². The molecule has 0 atom stereocenters. The largest absolute Gasteiger partial charge is 0.495 e. The van der Waals surface area contributed by atoms with Gasteiger partial charge in [-0.1, -0.05) is 24.9 Å². The van der Waals surface area contributed by atoms with Gasteiger partial charge in [0.1, 0.15) is 11.5 Å². The third-order valence-electron chi connectivity index (χ3n) is 4.95. The summed E-state index contributed by atoms with van der Waals surface area (Å²) < 4.78 is 38.6. The maximum absolute atomic E-state index is 13.0. The Morgan fingerprint density at radius 3 is 2.34 bits per heavy atom. The highest BCUT2D eigenvalue weighted by Crippen LogP contribution is 2.32. The first-order chi connectivity index (χ1) is 14.0. The lowest BCUT2D eigenvalue weighted by Crippen LogP contribution is -2.48. The maximum Gasteiger partial charge on any atom is 0.243 e. The molecule has 29 heavy (non-hydrogen) atoms. The monoisotopic (exact) mass is 438 g/mol. The van der Waals surface area contributed by atoms with Crippen molar-refractivity contribution < 1.29 is 17.9 Å². The fourth-order valence-corrected chi connectivity index (χ4v) is 4.86. The fraction of sp³-hybridized carbons (Fsp3) is 0.429. The van der Waals surface area contributed by atoms with Crippen molar-refractivity contribution in [3.05, 3.63) is 47.5 Å². The van der Waals surface area contributed by atoms with Crippen LogP contribution < -0.4 is 14.4 Å². The van der Waals surface area contributed by atoms with Gasteiger partial charge in [0.05, 0.1) is 24.3 Å². The molecule has 0 bridgehead atoms. The number of piperazine rings is 1. The summed E-state index contributed by atoms with van der Waals surface area (Å²) in [7, 11) is -1.93. The van der Waals surface area contributed by atoms with Gasteiger partial charge in [0.2, 0.25) is 10.0 Å². The third kappa shape index (κ3) is 5.15. The summed E-state index contributed by atoms with van der Waals surface area (Å²) >= 11 is 6.13. The molecular formula is C21H27ClN2O4S. The van der Waals surface area contributed by atoms with E-state index >= 15 is 0 Å². The van der Waals surface area contributed by atoms with Crippen LogP contribution >= 0.6 is 11.6 Å². The normalized spacial score (nSPS) is 15.3. The van der Waals surface area contributed by atoms with Gasteiger partial charge in [-0.25, -0.2) is 8.42 Å². The Kier molecular flexibility index (Phi) is 7.27. The Morgan fingerprint density at radius 2 is 1.72 bits per heavy atom. The van der Waals surface area contributed by atoms with Crippen LogP contribution in [0, 0.1) is 0 Å². The van der Waals surface area contributed by atoms with Crippen LogP contribution in [-0.2, 0) is 10.0 Å². The van der Waals surface area contributed by atoms with Crippen molar-refractivity contribution in [3.63, 3.8) is 0 Å². The highest BCUT2D eigenvalue weighted by atomic mass is 35.5. The number of sulfonamides is 1. The number of anilines is 1. The Labute approximate surface area is 178 Å². The zero-order valence-electron chi connectivity index (χ0n) is 16.8. The molecule has 1 saturated heterocycles. The zero-order valence-corrected chi connectivity index (χ0v) is 18.4. The maximum atomic E-state index is 13.0. The fourth-order valence-electron chi connectivity index (χ4n) is 3.27. The van der Waals surface area contributed by atoms with E-state index in [2.05, 4.69) is 11.8 Å². The van der Waals surface area contributed by atoms with Crippen molar-refractivity contribution >= 4 is 27.3 Å². The van der Waals surface area contributed by atoms with Crippen LogP contribution in [-0.4, -0.2) is 52.6 Å². The summed E-state index contributed by atoms with van der Waals surface area (Å²) in [5, 5.41) is 0.622. The molecular weight excluding hydrogens is 412 g/mol. The zero-order chi connectivity index (χ0) is 20.9. The number of methoxy groups -OCH3 is 1. The molecule has 0 aliphatic carbocycles. The van der Waals surface area contributed by atoms with E-state index in [1.165, 1.54) is 4.31 Å². The molecule has 0 radical (unpaired) electrons. The number of hydrogen-bond acceptors (Lipinski definition) is 5. The molecule has 3 rings (SSSR count). The lowest BCUT2D eigenvalue weighted by Gasteiger charge is -2.36. The Hall–Kier alpha value is -1.96. The van der Waals surface area contributed by atoms with E-state index in [-0.39, 0.29) is 4.90 Å². The van der Waals surface area contributed by atoms with Gasteiger partial charge in [0.15, 0.2) is 0 Å². The van der Waals surface area contributed by atoms with E-state index in [4.69, 9.17) is 21.1 Å². The molecule has 1 fully saturated rings. The van der Waals surface area contributed by atoms with Crippen molar-refractivity contribution in [1.82, 2.24) is 4.31 Å². The highest BCUT2D eigenvalue weighted by Gasteiger charge is 2.29. The van der Waals surface area contributed by atoms with Gasteiger partial charge in [-0.15, -0.1) is 0 Å². The first-order valence-electron chi connectivity index (χ1n) is 9.77. The van der Waals surface area contributed by atoms with Crippen LogP contribution in [0.2, 0.25) is 5.02 Å². The molecule has 6 nitrogen and oxygen atoms in total. The number of benzene rings is 2. The standard InChI is InChI=1S/C21H27ClN2O4S/c1-3-4-15-28-18-6-8-19(9-7-18)29(25,26)24-13-11-23(12-14-24)20-16-17(22)5-10-21(20)27-2/h5-10,16H,3-4,11-15H2,1-2H3. The number of hydrogen-bond donors (Lipinski definition) is 0. The van der Waals surface area contributed by atoms with E-state index in [1.807, 2.05) is 12.1 Å². The van der Waals surface area contributed by atoms with Crippen LogP contribution in [0.3, 0.4) is 0 Å². The SMILES string of the molecule is CCCCOc1ccc(S(=O)(=O)N2CCN(c3cc(Cl)ccc3OC)CC2)cc1. The Morgan fingerprint density at radius 1 is 1.03 bits per heavy atom. The molecule has 158 valence electrons. The summed E-state index contributed by atoms with van der Waals surface area (Å²) in [5.74, 6) is 1.42. The smallest absolute Gasteiger partial charge is 0.243 e. The quantitative estimate of drug-likeness (QED) is 0.582. The lowest BCUT2D eigenvalue weighted by atomic mass is 10.2. The van der Waals surface area contributed by atoms with Gasteiger partial charge in [-0.3, -0.25) is 0 Å². The Balaban J connectivity index is 1.66. The first kappa shape index (κ1) is 21.7. The number of nitrogens with zero attached hydrogens (tertiary/aromatic N) is 2. The van der Waals surface area contributed by atoms with Crippen LogP contribution in [0.15, 0.2) is 47.4 Å². The van der Waals surface area contributed by atoms with Crippen molar-refractivity contribution in [2.75, 3.05) is 44.8 Å². The molecule has 1 heterocycles. The van der Waals surface area contributed by atoms with Crippen molar-refractivity contribution in [2.45, 2.75) is 24.7 Å². The molecule has 2 aromatic rings. The van der Waals surface area contributed by atoms with E-state index in [0.29, 0.717) is 43.6 Å². The minimum absolute atomic E-state index is 0.286. The van der Waals surface area contributed by atoms with E-state index in [9.17, 15) is 8.42 Å². The second-order valence-corrected chi connectivity index (χ2v) is 9.26. The van der Waals surface area contributed by atoms with Crippen molar-refractivity contribution in [1.29, 1.82) is 0 Å². The van der Waals surface area contributed by atoms with Gasteiger partial charge < -0.3 is 14.4 Å². The number of ether oxygens (including phenoxy) is 2. The summed E-state index contributed by atoms with van der Waals surface area (Å²) in [6.07, 6.45) is 2.03. The van der Waals surface area contributed by atoms with Gasteiger partial charge in [-0.05, 0) is 48.9 Å². The van der Waals surface area contributed by atoms with Crippen LogP contribution in [0.5, 0.6) is 11.5 Å². The van der Waals surface area contributed by atoms with E-state index < -0.39 is 10.0 Å². The third-order valence-corrected chi connectivity index (χ3v) is 7.10. The Bertz CT molecular complexity index is 911. The van der Waals surface area contributed by atoms with Gasteiger partial charge in [0, 0.05) is 31.2 Å². The summed E-state index contributed by atoms with van der Waals surface area (Å²) in [5.41, 5.74) is 0.880.